The number of rotatable bonds is 14. The molecule has 4 atom stereocenters. The summed E-state index contributed by atoms with van der Waals surface area (Å²) in [6.45, 7) is 9.13. The zero-order chi connectivity index (χ0) is 26.7. The number of aryl methyl sites for hydroxylation is 1. The Bertz CT molecular complexity index is 967. The second-order valence-corrected chi connectivity index (χ2v) is 9.82. The van der Waals surface area contributed by atoms with Gasteiger partial charge < -0.3 is 20.4 Å². The fraction of sp³-hybridized carbons (Fsp3) is 0.536. The number of amides is 2. The highest BCUT2D eigenvalue weighted by Crippen LogP contribution is 2.24. The number of nitrogens with zero attached hydrogens (tertiary/aromatic N) is 2. The number of aliphatic hydroxyl groups is 2. The number of thiol groups is 1. The molecular weight excluding hydrogens is 474 g/mol. The largest absolute Gasteiger partial charge is 0.390 e. The van der Waals surface area contributed by atoms with E-state index in [-0.39, 0.29) is 11.8 Å². The van der Waals surface area contributed by atoms with Crippen molar-refractivity contribution in [1.82, 2.24) is 15.2 Å². The standard InChI is InChI=1S/C28H41N3O4S/c1-5-13-31(14-6-2)28(35)23-17-19(3)16-22(18-23)27(34)30-25(26(33)24(32)8-7-15-36)20(4)21-9-11-29-12-10-21/h9-12,16-18,20,24-26,32-33,36H,5-8,13-15H2,1-4H3,(H,30,34). The smallest absolute Gasteiger partial charge is 0.253 e. The Hall–Kier alpha value is -2.42. The summed E-state index contributed by atoms with van der Waals surface area (Å²) >= 11 is 4.19. The molecule has 1 aromatic heterocycles. The van der Waals surface area contributed by atoms with Crippen LogP contribution in [-0.4, -0.2) is 69.0 Å². The normalized spacial score (nSPS) is 14.5. The monoisotopic (exact) mass is 515 g/mol. The van der Waals surface area contributed by atoms with Gasteiger partial charge >= 0.3 is 0 Å². The van der Waals surface area contributed by atoms with Crippen molar-refractivity contribution >= 4 is 24.4 Å². The van der Waals surface area contributed by atoms with Crippen molar-refractivity contribution in [3.63, 3.8) is 0 Å². The number of aliphatic hydroxyl groups excluding tert-OH is 2. The first-order valence-corrected chi connectivity index (χ1v) is 13.4. The average Bonchev–Trinajstić information content (AvgIpc) is 2.89. The fourth-order valence-electron chi connectivity index (χ4n) is 4.40. The summed E-state index contributed by atoms with van der Waals surface area (Å²) in [5.41, 5.74) is 2.49. The van der Waals surface area contributed by atoms with Crippen molar-refractivity contribution < 1.29 is 19.8 Å². The number of aromatic nitrogens is 1. The van der Waals surface area contributed by atoms with Crippen LogP contribution in [0.4, 0.5) is 0 Å². The summed E-state index contributed by atoms with van der Waals surface area (Å²) in [6.07, 6.45) is 3.83. The maximum atomic E-state index is 13.4. The van der Waals surface area contributed by atoms with Crippen molar-refractivity contribution in [3.8, 4) is 0 Å². The van der Waals surface area contributed by atoms with Crippen molar-refractivity contribution in [2.24, 2.45) is 0 Å². The topological polar surface area (TPSA) is 103 Å². The van der Waals surface area contributed by atoms with Crippen molar-refractivity contribution in [1.29, 1.82) is 0 Å². The third-order valence-electron chi connectivity index (χ3n) is 6.35. The Morgan fingerprint density at radius 3 is 2.25 bits per heavy atom. The van der Waals surface area contributed by atoms with Crippen LogP contribution in [0, 0.1) is 6.92 Å². The molecule has 0 spiro atoms. The molecule has 1 aromatic carbocycles. The lowest BCUT2D eigenvalue weighted by Crippen LogP contribution is -2.51. The molecule has 4 unspecified atom stereocenters. The van der Waals surface area contributed by atoms with Crippen LogP contribution in [0.3, 0.4) is 0 Å². The van der Waals surface area contributed by atoms with E-state index in [1.165, 1.54) is 0 Å². The first-order chi connectivity index (χ1) is 17.2. The van der Waals surface area contributed by atoms with Crippen molar-refractivity contribution in [3.05, 3.63) is 65.0 Å². The highest BCUT2D eigenvalue weighted by molar-refractivity contribution is 7.80. The maximum absolute atomic E-state index is 13.4. The zero-order valence-corrected chi connectivity index (χ0v) is 22.7. The Kier molecular flexibility index (Phi) is 12.4. The summed E-state index contributed by atoms with van der Waals surface area (Å²) in [6, 6.07) is 8.04. The van der Waals surface area contributed by atoms with Gasteiger partial charge in [0.2, 0.25) is 0 Å². The number of pyridine rings is 1. The van der Waals surface area contributed by atoms with Crippen LogP contribution in [-0.2, 0) is 0 Å². The number of benzene rings is 1. The van der Waals surface area contributed by atoms with Crippen LogP contribution in [0.5, 0.6) is 0 Å². The van der Waals surface area contributed by atoms with E-state index in [4.69, 9.17) is 0 Å². The van der Waals surface area contributed by atoms with Crippen molar-refractivity contribution in [2.45, 2.75) is 77.5 Å². The zero-order valence-electron chi connectivity index (χ0n) is 21.9. The lowest BCUT2D eigenvalue weighted by Gasteiger charge is -2.32. The van der Waals surface area contributed by atoms with Crippen LogP contribution >= 0.6 is 12.6 Å². The van der Waals surface area contributed by atoms with Gasteiger partial charge in [-0.15, -0.1) is 0 Å². The Morgan fingerprint density at radius 1 is 1.06 bits per heavy atom. The van der Waals surface area contributed by atoms with Gasteiger partial charge in [-0.05, 0) is 79.8 Å². The molecule has 0 aliphatic rings. The van der Waals surface area contributed by atoms with Crippen LogP contribution in [0.2, 0.25) is 0 Å². The maximum Gasteiger partial charge on any atom is 0.253 e. The van der Waals surface area contributed by atoms with Gasteiger partial charge in [0.25, 0.3) is 11.8 Å². The molecule has 2 aromatic rings. The van der Waals surface area contributed by atoms with Gasteiger partial charge in [-0.25, -0.2) is 0 Å². The molecule has 3 N–H and O–H groups in total. The van der Waals surface area contributed by atoms with E-state index in [1.807, 2.05) is 44.7 Å². The van der Waals surface area contributed by atoms with Gasteiger partial charge in [0.1, 0.15) is 6.10 Å². The van der Waals surface area contributed by atoms with E-state index in [1.54, 1.807) is 30.6 Å². The summed E-state index contributed by atoms with van der Waals surface area (Å²) < 4.78 is 0. The van der Waals surface area contributed by atoms with Crippen LogP contribution in [0.1, 0.15) is 84.2 Å². The molecular formula is C28H41N3O4S. The molecule has 2 rings (SSSR count). The number of hydrogen-bond donors (Lipinski definition) is 4. The summed E-state index contributed by atoms with van der Waals surface area (Å²) in [7, 11) is 0. The second-order valence-electron chi connectivity index (χ2n) is 9.37. The minimum Gasteiger partial charge on any atom is -0.390 e. The minimum absolute atomic E-state index is 0.0969. The van der Waals surface area contributed by atoms with E-state index >= 15 is 0 Å². The van der Waals surface area contributed by atoms with Gasteiger partial charge in [0.15, 0.2) is 0 Å². The summed E-state index contributed by atoms with van der Waals surface area (Å²) in [5, 5.41) is 24.6. The Balaban J connectivity index is 2.35. The molecule has 2 amide bonds. The lowest BCUT2D eigenvalue weighted by atomic mass is 9.87. The molecule has 0 saturated carbocycles. The summed E-state index contributed by atoms with van der Waals surface area (Å²) in [4.78, 5) is 32.5. The average molecular weight is 516 g/mol. The number of carbonyl (C=O) groups excluding carboxylic acids is 2. The summed E-state index contributed by atoms with van der Waals surface area (Å²) in [5.74, 6) is -0.210. The first kappa shape index (κ1) is 29.8. The molecule has 8 heteroatoms. The minimum atomic E-state index is -1.19. The predicted octanol–water partition coefficient (Wildman–Crippen LogP) is 3.99. The van der Waals surface area contributed by atoms with Gasteiger partial charge in [-0.1, -0.05) is 20.8 Å². The number of hydrogen-bond acceptors (Lipinski definition) is 6. The number of nitrogens with one attached hydrogen (secondary N) is 1. The van der Waals surface area contributed by atoms with Crippen LogP contribution < -0.4 is 5.32 Å². The second kappa shape index (κ2) is 15.0. The predicted molar refractivity (Wildman–Crippen MR) is 147 cm³/mol. The van der Waals surface area contributed by atoms with Gasteiger partial charge in [0.05, 0.1) is 12.1 Å². The molecule has 198 valence electrons. The highest BCUT2D eigenvalue weighted by Gasteiger charge is 2.33. The molecule has 7 nitrogen and oxygen atoms in total. The third-order valence-corrected chi connectivity index (χ3v) is 6.67. The SMILES string of the molecule is CCCN(CCC)C(=O)c1cc(C)cc(C(=O)NC(C(C)c2ccncc2)C(O)C(O)CCCS)c1. The van der Waals surface area contributed by atoms with E-state index in [2.05, 4.69) is 22.9 Å². The van der Waals surface area contributed by atoms with E-state index < -0.39 is 24.2 Å². The van der Waals surface area contributed by atoms with Crippen LogP contribution in [0.15, 0.2) is 42.7 Å². The molecule has 0 saturated heterocycles. The van der Waals surface area contributed by atoms with Gasteiger partial charge in [-0.2, -0.15) is 12.6 Å². The molecule has 0 bridgehead atoms. The molecule has 0 fully saturated rings. The van der Waals surface area contributed by atoms with E-state index in [0.717, 1.165) is 24.0 Å². The molecule has 0 radical (unpaired) electrons. The molecule has 0 aliphatic carbocycles. The molecule has 36 heavy (non-hydrogen) atoms. The van der Waals surface area contributed by atoms with Gasteiger partial charge in [-0.3, -0.25) is 14.6 Å². The quantitative estimate of drug-likeness (QED) is 0.285. The van der Waals surface area contributed by atoms with Crippen molar-refractivity contribution in [2.75, 3.05) is 18.8 Å². The Morgan fingerprint density at radius 2 is 1.67 bits per heavy atom. The van der Waals surface area contributed by atoms with E-state index in [9.17, 15) is 19.8 Å². The molecule has 0 aliphatic heterocycles. The third kappa shape index (κ3) is 8.32. The Labute approximate surface area is 220 Å². The van der Waals surface area contributed by atoms with Crippen LogP contribution in [0.25, 0.3) is 0 Å². The molecule has 1 heterocycles. The number of carbonyl (C=O) groups is 2. The first-order valence-electron chi connectivity index (χ1n) is 12.8. The highest BCUT2D eigenvalue weighted by atomic mass is 32.1. The lowest BCUT2D eigenvalue weighted by molar-refractivity contribution is -0.0119. The van der Waals surface area contributed by atoms with Gasteiger partial charge in [0, 0.05) is 42.5 Å². The fourth-order valence-corrected chi connectivity index (χ4v) is 4.58. The van der Waals surface area contributed by atoms with E-state index in [0.29, 0.717) is 42.8 Å².